The Morgan fingerprint density at radius 2 is 1.67 bits per heavy atom. The molecule has 0 atom stereocenters. The molecular formula is C16H23FO. The third kappa shape index (κ3) is 1.97. The lowest BCUT2D eigenvalue weighted by Gasteiger charge is -2.32. The van der Waals surface area contributed by atoms with Crippen LogP contribution in [-0.4, -0.2) is 10.7 Å². The molecule has 0 unspecified atom stereocenters. The molecule has 18 heavy (non-hydrogen) atoms. The summed E-state index contributed by atoms with van der Waals surface area (Å²) in [6.07, 6.45) is 1.72. The molecule has 0 heterocycles. The quantitative estimate of drug-likeness (QED) is 0.843. The Bertz CT molecular complexity index is 459. The summed E-state index contributed by atoms with van der Waals surface area (Å²) in [6.45, 7) is 9.60. The Morgan fingerprint density at radius 3 is 2.06 bits per heavy atom. The molecule has 0 radical (unpaired) electrons. The third-order valence-electron chi connectivity index (χ3n) is 4.24. The molecule has 1 fully saturated rings. The zero-order valence-corrected chi connectivity index (χ0v) is 12.0. The molecule has 1 aromatic rings. The normalized spacial score (nSPS) is 18.8. The minimum Gasteiger partial charge on any atom is -0.390 e. The van der Waals surface area contributed by atoms with Gasteiger partial charge in [-0.05, 0) is 43.2 Å². The lowest BCUT2D eigenvalue weighted by atomic mass is 9.77. The number of hydrogen-bond donors (Lipinski definition) is 1. The van der Waals surface area contributed by atoms with Crippen molar-refractivity contribution in [3.05, 3.63) is 35.1 Å². The highest BCUT2D eigenvalue weighted by Gasteiger charge is 2.56. The maximum absolute atomic E-state index is 14.7. The third-order valence-corrected chi connectivity index (χ3v) is 4.24. The van der Waals surface area contributed by atoms with Crippen LogP contribution in [0, 0.1) is 5.82 Å². The first-order valence-electron chi connectivity index (χ1n) is 6.61. The van der Waals surface area contributed by atoms with Crippen molar-refractivity contribution in [2.75, 3.05) is 0 Å². The van der Waals surface area contributed by atoms with Crippen LogP contribution >= 0.6 is 0 Å². The van der Waals surface area contributed by atoms with E-state index in [0.29, 0.717) is 5.56 Å². The summed E-state index contributed by atoms with van der Waals surface area (Å²) in [7, 11) is 0. The van der Waals surface area contributed by atoms with Crippen LogP contribution in [0.4, 0.5) is 4.39 Å². The highest BCUT2D eigenvalue weighted by atomic mass is 19.1. The molecule has 0 saturated heterocycles. The first kappa shape index (κ1) is 13.5. The zero-order valence-electron chi connectivity index (χ0n) is 12.0. The molecule has 2 heteroatoms. The van der Waals surface area contributed by atoms with Crippen LogP contribution in [0.25, 0.3) is 0 Å². The van der Waals surface area contributed by atoms with Crippen LogP contribution in [0.5, 0.6) is 0 Å². The fraction of sp³-hybridized carbons (Fsp3) is 0.625. The first-order valence-corrected chi connectivity index (χ1v) is 6.61. The van der Waals surface area contributed by atoms with Gasteiger partial charge in [-0.3, -0.25) is 0 Å². The highest BCUT2D eigenvalue weighted by Crippen LogP contribution is 2.56. The molecule has 0 amide bonds. The average Bonchev–Trinajstić information content (AvgIpc) is 2.95. The monoisotopic (exact) mass is 250 g/mol. The number of aliphatic hydroxyl groups is 1. The standard InChI is InChI=1S/C16H23FO/c1-14(2,3)11-7-6-8-12(13(11)17)16(9-10-16)15(4,5)18/h6-8,18H,9-10H2,1-5H3. The number of rotatable bonds is 2. The van der Waals surface area contributed by atoms with E-state index in [-0.39, 0.29) is 11.2 Å². The van der Waals surface area contributed by atoms with Crippen molar-refractivity contribution in [2.45, 2.75) is 63.9 Å². The van der Waals surface area contributed by atoms with Gasteiger partial charge in [0.2, 0.25) is 0 Å². The Kier molecular flexibility index (Phi) is 2.86. The van der Waals surface area contributed by atoms with Gasteiger partial charge in [0.15, 0.2) is 0 Å². The number of benzene rings is 1. The second-order valence-electron chi connectivity index (χ2n) is 7.06. The van der Waals surface area contributed by atoms with Crippen molar-refractivity contribution in [3.63, 3.8) is 0 Å². The van der Waals surface area contributed by atoms with Gasteiger partial charge in [-0.15, -0.1) is 0 Å². The average molecular weight is 250 g/mol. The molecular weight excluding hydrogens is 227 g/mol. The largest absolute Gasteiger partial charge is 0.390 e. The van der Waals surface area contributed by atoms with Crippen LogP contribution < -0.4 is 0 Å². The van der Waals surface area contributed by atoms with Gasteiger partial charge in [-0.1, -0.05) is 39.0 Å². The Hall–Kier alpha value is -0.890. The fourth-order valence-electron chi connectivity index (χ4n) is 2.82. The van der Waals surface area contributed by atoms with E-state index in [0.717, 1.165) is 18.4 Å². The van der Waals surface area contributed by atoms with Gasteiger partial charge >= 0.3 is 0 Å². The Morgan fingerprint density at radius 1 is 1.11 bits per heavy atom. The van der Waals surface area contributed by atoms with Gasteiger partial charge in [-0.2, -0.15) is 0 Å². The summed E-state index contributed by atoms with van der Waals surface area (Å²) in [5.41, 5.74) is -0.0590. The van der Waals surface area contributed by atoms with E-state index >= 15 is 0 Å². The Labute approximate surface area is 109 Å². The second kappa shape index (κ2) is 3.80. The Balaban J connectivity index is 2.55. The van der Waals surface area contributed by atoms with Crippen LogP contribution in [0.2, 0.25) is 0 Å². The van der Waals surface area contributed by atoms with Crippen molar-refractivity contribution in [1.82, 2.24) is 0 Å². The molecule has 1 nitrogen and oxygen atoms in total. The van der Waals surface area contributed by atoms with E-state index in [1.54, 1.807) is 13.8 Å². The molecule has 1 aromatic carbocycles. The van der Waals surface area contributed by atoms with Gasteiger partial charge < -0.3 is 5.11 Å². The number of hydrogen-bond acceptors (Lipinski definition) is 1. The molecule has 2 rings (SSSR count). The smallest absolute Gasteiger partial charge is 0.130 e. The van der Waals surface area contributed by atoms with Crippen LogP contribution in [-0.2, 0) is 10.8 Å². The van der Waals surface area contributed by atoms with E-state index in [9.17, 15) is 9.50 Å². The minimum absolute atomic E-state index is 0.135. The number of halogens is 1. The summed E-state index contributed by atoms with van der Waals surface area (Å²) in [5.74, 6) is -0.135. The van der Waals surface area contributed by atoms with Crippen LogP contribution in [0.15, 0.2) is 18.2 Å². The predicted molar refractivity (Wildman–Crippen MR) is 72.3 cm³/mol. The summed E-state index contributed by atoms with van der Waals surface area (Å²) >= 11 is 0. The van der Waals surface area contributed by atoms with Gasteiger partial charge in [0.25, 0.3) is 0 Å². The fourth-order valence-corrected chi connectivity index (χ4v) is 2.82. The molecule has 1 N–H and O–H groups in total. The SMILES string of the molecule is CC(C)(C)c1cccc(C2(C(C)(C)O)CC2)c1F. The molecule has 0 spiro atoms. The van der Waals surface area contributed by atoms with Gasteiger partial charge in [-0.25, -0.2) is 4.39 Å². The van der Waals surface area contributed by atoms with E-state index in [2.05, 4.69) is 0 Å². The van der Waals surface area contributed by atoms with Gasteiger partial charge in [0.05, 0.1) is 5.60 Å². The van der Waals surface area contributed by atoms with Gasteiger partial charge in [0.1, 0.15) is 5.82 Å². The summed E-state index contributed by atoms with van der Waals surface area (Å²) in [4.78, 5) is 0. The van der Waals surface area contributed by atoms with Gasteiger partial charge in [0, 0.05) is 5.41 Å². The van der Waals surface area contributed by atoms with Crippen molar-refractivity contribution >= 4 is 0 Å². The predicted octanol–water partition coefficient (Wildman–Crippen LogP) is 3.93. The zero-order chi connectivity index (χ0) is 13.8. The van der Waals surface area contributed by atoms with Crippen molar-refractivity contribution in [1.29, 1.82) is 0 Å². The topological polar surface area (TPSA) is 20.2 Å². The van der Waals surface area contributed by atoms with Crippen molar-refractivity contribution in [2.24, 2.45) is 0 Å². The minimum atomic E-state index is -0.871. The summed E-state index contributed by atoms with van der Waals surface area (Å²) < 4.78 is 14.7. The summed E-state index contributed by atoms with van der Waals surface area (Å²) in [6, 6.07) is 5.58. The molecule has 1 saturated carbocycles. The molecule has 1 aliphatic carbocycles. The van der Waals surface area contributed by atoms with E-state index in [4.69, 9.17) is 0 Å². The lowest BCUT2D eigenvalue weighted by Crippen LogP contribution is -2.37. The maximum atomic E-state index is 14.7. The highest BCUT2D eigenvalue weighted by molar-refractivity contribution is 5.41. The molecule has 1 aliphatic rings. The second-order valence-corrected chi connectivity index (χ2v) is 7.06. The van der Waals surface area contributed by atoms with Crippen molar-refractivity contribution < 1.29 is 9.50 Å². The van der Waals surface area contributed by atoms with E-state index in [1.165, 1.54) is 0 Å². The first-order chi connectivity index (χ1) is 8.09. The van der Waals surface area contributed by atoms with E-state index < -0.39 is 11.0 Å². The van der Waals surface area contributed by atoms with E-state index in [1.807, 2.05) is 39.0 Å². The molecule has 100 valence electrons. The lowest BCUT2D eigenvalue weighted by molar-refractivity contribution is 0.0366. The van der Waals surface area contributed by atoms with Crippen molar-refractivity contribution in [3.8, 4) is 0 Å². The maximum Gasteiger partial charge on any atom is 0.130 e. The molecule has 0 bridgehead atoms. The molecule has 0 aliphatic heterocycles. The van der Waals surface area contributed by atoms with Crippen LogP contribution in [0.1, 0.15) is 58.6 Å². The van der Waals surface area contributed by atoms with Crippen LogP contribution in [0.3, 0.4) is 0 Å². The summed E-state index contributed by atoms with van der Waals surface area (Å²) in [5, 5.41) is 10.3. The molecule has 0 aromatic heterocycles.